The van der Waals surface area contributed by atoms with Crippen LogP contribution < -0.4 is 21.3 Å². The zero-order chi connectivity index (χ0) is 73.0. The maximum absolute atomic E-state index is 15.4. The predicted octanol–water partition coefficient (Wildman–Crippen LogP) is 3.58. The maximum atomic E-state index is 15.4. The molecule has 0 aromatic rings. The van der Waals surface area contributed by atoms with Crippen LogP contribution in [0.15, 0.2) is 12.2 Å². The van der Waals surface area contributed by atoms with Crippen LogP contribution in [0.3, 0.4) is 0 Å². The lowest BCUT2D eigenvalue weighted by atomic mass is 9.91. The molecule has 2 saturated heterocycles. The van der Waals surface area contributed by atoms with Gasteiger partial charge in [-0.15, -0.1) is 0 Å². The molecule has 2 heterocycles. The number of likely N-dealkylation sites (tertiary alicyclic amines) is 1. The number of aliphatic hydroxyl groups is 2. The number of thioether (sulfide) groups is 1. The molecule has 0 aromatic carbocycles. The third kappa shape index (κ3) is 24.6. The summed E-state index contributed by atoms with van der Waals surface area (Å²) >= 11 is 1.42. The van der Waals surface area contributed by atoms with E-state index in [2.05, 4.69) is 26.2 Å². The fraction of sp³-hybridized carbons (Fsp3) is 0.812. The summed E-state index contributed by atoms with van der Waals surface area (Å²) in [5, 5.41) is 34.8. The highest BCUT2D eigenvalue weighted by Gasteiger charge is 2.47. The molecule has 26 heteroatoms. The van der Waals surface area contributed by atoms with E-state index in [1.165, 1.54) is 113 Å². The zero-order valence-electron chi connectivity index (χ0n) is 62.1. The lowest BCUT2D eigenvalue weighted by Crippen LogP contribution is -2.64. The summed E-state index contributed by atoms with van der Waals surface area (Å²) in [6.07, 6.45) is 4.52. The molecule has 2 aliphatic heterocycles. The van der Waals surface area contributed by atoms with Gasteiger partial charge in [-0.1, -0.05) is 95.2 Å². The third-order valence-corrected chi connectivity index (χ3v) is 19.4. The monoisotopic (exact) mass is 1360 g/mol. The van der Waals surface area contributed by atoms with Crippen LogP contribution in [-0.2, 0) is 52.7 Å². The molecule has 0 saturated carbocycles. The van der Waals surface area contributed by atoms with Crippen molar-refractivity contribution in [2.45, 2.75) is 247 Å². The molecule has 0 aromatic heterocycles. The van der Waals surface area contributed by atoms with E-state index in [0.717, 1.165) is 35.7 Å². The van der Waals surface area contributed by atoms with E-state index in [4.69, 9.17) is 0 Å². The number of rotatable bonds is 20. The van der Waals surface area contributed by atoms with Crippen molar-refractivity contribution in [2.75, 3.05) is 80.5 Å². The van der Waals surface area contributed by atoms with Crippen molar-refractivity contribution in [3.63, 3.8) is 0 Å². The van der Waals surface area contributed by atoms with E-state index in [9.17, 15) is 34.2 Å². The van der Waals surface area contributed by atoms with E-state index in [1.54, 1.807) is 54.5 Å². The number of allylic oxidation sites excluding steroid dienone is 2. The van der Waals surface area contributed by atoms with E-state index < -0.39 is 161 Å². The number of carbonyl (C=O) groups excluding carboxylic acids is 11. The molecule has 2 aliphatic rings. The van der Waals surface area contributed by atoms with Crippen LogP contribution in [0.2, 0.25) is 0 Å². The van der Waals surface area contributed by atoms with Crippen LogP contribution in [-0.4, -0.2) is 273 Å². The molecule has 0 radical (unpaired) electrons. The van der Waals surface area contributed by atoms with Gasteiger partial charge >= 0.3 is 0 Å². The van der Waals surface area contributed by atoms with Crippen molar-refractivity contribution in [3.05, 3.63) is 12.2 Å². The molecule has 0 bridgehead atoms. The Morgan fingerprint density at radius 1 is 0.516 bits per heavy atom. The molecule has 95 heavy (non-hydrogen) atoms. The number of hydrogen-bond acceptors (Lipinski definition) is 15. The smallest absolute Gasteiger partial charge is 0.246 e. The first kappa shape index (κ1) is 85.2. The second-order valence-electron chi connectivity index (χ2n) is 29.3. The second-order valence-corrected chi connectivity index (χ2v) is 30.5. The Kier molecular flexibility index (Phi) is 34.9. The lowest BCUT2D eigenvalue weighted by molar-refractivity contribution is -0.157. The van der Waals surface area contributed by atoms with Gasteiger partial charge in [-0.25, -0.2) is 0 Å². The summed E-state index contributed by atoms with van der Waals surface area (Å²) in [7, 11) is 9.92. The van der Waals surface area contributed by atoms with Crippen molar-refractivity contribution in [1.82, 2.24) is 60.5 Å². The summed E-state index contributed by atoms with van der Waals surface area (Å²) in [6.45, 7) is 31.6. The number of nitrogens with one attached hydrogen (secondary N) is 4. The van der Waals surface area contributed by atoms with Crippen LogP contribution in [0.1, 0.15) is 169 Å². The van der Waals surface area contributed by atoms with Gasteiger partial charge in [-0.3, -0.25) is 52.7 Å². The normalized spacial score (nSPS) is 27.3. The van der Waals surface area contributed by atoms with Gasteiger partial charge in [0.05, 0.1) is 11.7 Å². The zero-order valence-corrected chi connectivity index (χ0v) is 62.9. The molecule has 0 unspecified atom stereocenters. The molecule has 2 fully saturated rings. The molecule has 544 valence electrons. The highest BCUT2D eigenvalue weighted by atomic mass is 32.2. The number of nitrogens with zero attached hydrogens (tertiary/aromatic N) is 8. The molecule has 0 spiro atoms. The quantitative estimate of drug-likeness (QED) is 0.0750. The Morgan fingerprint density at radius 2 is 0.958 bits per heavy atom. The summed E-state index contributed by atoms with van der Waals surface area (Å²) in [5.41, 5.74) is -1.58. The highest BCUT2D eigenvalue weighted by Crippen LogP contribution is 2.27. The summed E-state index contributed by atoms with van der Waals surface area (Å²) in [4.78, 5) is 175. The topological polar surface area (TPSA) is 302 Å². The van der Waals surface area contributed by atoms with E-state index in [1.807, 2.05) is 47.6 Å². The largest absolute Gasteiger partial charge is 0.390 e. The minimum atomic E-state index is -1.65. The Hall–Kier alpha value is -5.86. The van der Waals surface area contributed by atoms with Gasteiger partial charge in [0, 0.05) is 73.8 Å². The van der Waals surface area contributed by atoms with Crippen LogP contribution >= 0.6 is 11.8 Å². The van der Waals surface area contributed by atoms with E-state index >= 15 is 28.8 Å². The Morgan fingerprint density at radius 3 is 1.44 bits per heavy atom. The molecule has 25 nitrogen and oxygen atoms in total. The molecule has 2 rings (SSSR count). The van der Waals surface area contributed by atoms with E-state index in [-0.39, 0.29) is 55.6 Å². The van der Waals surface area contributed by atoms with Gasteiger partial charge in [0.25, 0.3) is 0 Å². The highest BCUT2D eigenvalue weighted by molar-refractivity contribution is 7.99. The van der Waals surface area contributed by atoms with E-state index in [0.29, 0.717) is 18.7 Å². The standard InChI is InChI=1S/C69H124N12O13S/c1-25-27-30-45(13)57(82)56-61(86)72-48(26-2)63(88)78(22)53(39-95-34-33-81-31-28-29-32-81)66(91)77(21)52(38-69(16,17)94)60(85)73-54(43(9)10)67(92)74(18)49(35-40(3)4)59(84)70-46(14)58(83)71-47(15)62(87)75(19)50(36-41(5)6)64(89)76(20)51(37-42(7)8)65(90)79(23)55(44(11)12)68(93)80(56)24/h25,27,40-57,82,94H,26,28-39H2,1-24H3,(H,70,84)(H,71,83)(H,72,86)(H,73,85)/b27-25+/t45-,46+,47-,48+,49+,50+,51+,52+,53-,54+,55+,56+,57-/m1/s1. The lowest BCUT2D eigenvalue weighted by Gasteiger charge is -2.41. The van der Waals surface area contributed by atoms with Crippen LogP contribution in [0.5, 0.6) is 0 Å². The average molecular weight is 1360 g/mol. The van der Waals surface area contributed by atoms with Crippen LogP contribution in [0.4, 0.5) is 0 Å². The molecular weight excluding hydrogens is 1240 g/mol. The molecule has 6 N–H and O–H groups in total. The fourth-order valence-corrected chi connectivity index (χ4v) is 13.5. The Bertz CT molecular complexity index is 2610. The maximum Gasteiger partial charge on any atom is 0.246 e. The molecule has 0 aliphatic carbocycles. The Labute approximate surface area is 573 Å². The van der Waals surface area contributed by atoms with Crippen molar-refractivity contribution in [2.24, 2.45) is 35.5 Å². The summed E-state index contributed by atoms with van der Waals surface area (Å²) in [6, 6.07) is -14.3. The van der Waals surface area contributed by atoms with Gasteiger partial charge in [0.15, 0.2) is 0 Å². The van der Waals surface area contributed by atoms with Crippen molar-refractivity contribution in [1.29, 1.82) is 0 Å². The molecule has 13 atom stereocenters. The fourth-order valence-electron chi connectivity index (χ4n) is 12.4. The average Bonchev–Trinajstić information content (AvgIpc) is 1.29. The third-order valence-electron chi connectivity index (χ3n) is 18.4. The minimum absolute atomic E-state index is 0.0186. The van der Waals surface area contributed by atoms with Crippen LogP contribution in [0, 0.1) is 35.5 Å². The first-order valence-electron chi connectivity index (χ1n) is 34.4. The summed E-state index contributed by atoms with van der Waals surface area (Å²) < 4.78 is 0. The van der Waals surface area contributed by atoms with Crippen molar-refractivity contribution < 1.29 is 63.0 Å². The van der Waals surface area contributed by atoms with Gasteiger partial charge in [-0.05, 0) is 128 Å². The summed E-state index contributed by atoms with van der Waals surface area (Å²) in [5.74, 6) is -9.56. The van der Waals surface area contributed by atoms with Crippen LogP contribution in [0.25, 0.3) is 0 Å². The van der Waals surface area contributed by atoms with Gasteiger partial charge in [-0.2, -0.15) is 11.8 Å². The minimum Gasteiger partial charge on any atom is -0.390 e. The van der Waals surface area contributed by atoms with Gasteiger partial charge in [0.1, 0.15) is 66.5 Å². The van der Waals surface area contributed by atoms with Crippen molar-refractivity contribution >= 4 is 76.7 Å². The number of carbonyl (C=O) groups is 11. The molecular formula is C69H124N12O13S. The Balaban J connectivity index is 3.11. The number of hydrogen-bond donors (Lipinski definition) is 6. The van der Waals surface area contributed by atoms with Gasteiger partial charge in [0.2, 0.25) is 65.0 Å². The second kappa shape index (κ2) is 38.9. The number of likely N-dealkylation sites (N-methyl/N-ethyl adjacent to an activating group) is 7. The first-order valence-corrected chi connectivity index (χ1v) is 35.5. The predicted molar refractivity (Wildman–Crippen MR) is 372 cm³/mol. The van der Waals surface area contributed by atoms with Gasteiger partial charge < -0.3 is 70.7 Å². The number of aliphatic hydroxyl groups excluding tert-OH is 1. The van der Waals surface area contributed by atoms with Crippen molar-refractivity contribution in [3.8, 4) is 0 Å². The number of amides is 11. The first-order chi connectivity index (χ1) is 44.0. The SMILES string of the molecule is C/C=C/C[C@@H](C)[C@@H](O)[C@H]1C(=O)N[C@@H](CC)C(=O)N(C)[C@H](CSCCN2CCCC2)C(=O)N(C)[C@@H](CC(C)(C)O)C(=O)N[C@@H](C(C)C)C(=O)N(C)[C@@H](CC(C)C)C(=O)N[C@@H](C)C(=O)N[C@H](C)C(=O)N(C)[C@@H](CC(C)C)C(=O)N(C)[C@@H](CC(C)C)C(=O)N(C)[C@@H](C(C)C)C(=O)N1C. The molecule has 11 amide bonds.